The van der Waals surface area contributed by atoms with E-state index in [2.05, 4.69) is 20.6 Å². The van der Waals surface area contributed by atoms with Crippen molar-refractivity contribution < 1.29 is 18.0 Å². The Hall–Kier alpha value is -2.43. The summed E-state index contributed by atoms with van der Waals surface area (Å²) < 4.78 is 39.3. The molecule has 0 aliphatic rings. The average molecular weight is 373 g/mol. The Kier molecular flexibility index (Phi) is 6.01. The lowest BCUT2D eigenvalue weighted by molar-refractivity contribution is -0.141. The zero-order chi connectivity index (χ0) is 19.5. The molecule has 144 valence electrons. The molecule has 0 aliphatic heterocycles. The fraction of sp³-hybridized carbons (Fsp3) is 0.600. The molecule has 0 spiro atoms. The molecule has 0 bridgehead atoms. The Morgan fingerprint density at radius 1 is 1.38 bits per heavy atom. The monoisotopic (exact) mass is 373 g/mol. The number of hydrogen-bond donors (Lipinski definition) is 1. The van der Waals surface area contributed by atoms with E-state index in [1.54, 1.807) is 7.05 Å². The van der Waals surface area contributed by atoms with Crippen LogP contribution in [-0.2, 0) is 26.3 Å². The number of amides is 1. The molecule has 0 aliphatic carbocycles. The summed E-state index contributed by atoms with van der Waals surface area (Å²) in [5.74, 6) is -0.342. The zero-order valence-electron chi connectivity index (χ0n) is 15.1. The van der Waals surface area contributed by atoms with Crippen LogP contribution in [0.3, 0.4) is 0 Å². The summed E-state index contributed by atoms with van der Waals surface area (Å²) >= 11 is 0. The zero-order valence-corrected chi connectivity index (χ0v) is 15.1. The molecule has 0 saturated carbocycles. The maximum atomic E-state index is 12.7. The van der Waals surface area contributed by atoms with E-state index >= 15 is 0 Å². The van der Waals surface area contributed by atoms with Gasteiger partial charge in [0.1, 0.15) is 0 Å². The van der Waals surface area contributed by atoms with Crippen LogP contribution < -0.4 is 5.32 Å². The molecule has 2 rings (SSSR count). The van der Waals surface area contributed by atoms with Crippen molar-refractivity contribution in [3.63, 3.8) is 0 Å². The number of alkyl halides is 3. The van der Waals surface area contributed by atoms with Crippen LogP contribution in [0.1, 0.15) is 35.7 Å². The second-order valence-electron chi connectivity index (χ2n) is 6.13. The second kappa shape index (κ2) is 7.85. The molecule has 1 unspecified atom stereocenters. The molecule has 26 heavy (non-hydrogen) atoms. The molecule has 2 aromatic rings. The van der Waals surface area contributed by atoms with Crippen LogP contribution in [0.5, 0.6) is 0 Å². The molecule has 2 aromatic heterocycles. The van der Waals surface area contributed by atoms with E-state index in [0.717, 1.165) is 6.07 Å². The van der Waals surface area contributed by atoms with Gasteiger partial charge in [0.2, 0.25) is 0 Å². The predicted molar refractivity (Wildman–Crippen MR) is 87.2 cm³/mol. The molecular formula is C15H22F3N7O. The quantitative estimate of drug-likeness (QED) is 0.791. The smallest absolute Gasteiger partial charge is 0.347 e. The second-order valence-corrected chi connectivity index (χ2v) is 6.13. The van der Waals surface area contributed by atoms with Crippen LogP contribution in [0.2, 0.25) is 0 Å². The molecule has 0 radical (unpaired) electrons. The van der Waals surface area contributed by atoms with Crippen LogP contribution in [0, 0.1) is 0 Å². The number of aromatic nitrogens is 5. The molecule has 1 atom stereocenters. The van der Waals surface area contributed by atoms with Crippen molar-refractivity contribution in [1.82, 2.24) is 35.0 Å². The first kappa shape index (κ1) is 19.9. The lowest BCUT2D eigenvalue weighted by Gasteiger charge is -2.21. The summed E-state index contributed by atoms with van der Waals surface area (Å²) in [5, 5.41) is 14.3. The first-order valence-electron chi connectivity index (χ1n) is 8.09. The fourth-order valence-corrected chi connectivity index (χ4v) is 2.50. The third kappa shape index (κ3) is 5.04. The Labute approximate surface area is 149 Å². The molecule has 11 heteroatoms. The number of nitrogens with zero attached hydrogens (tertiary/aromatic N) is 6. The lowest BCUT2D eigenvalue weighted by atomic mass is 10.2. The van der Waals surface area contributed by atoms with Crippen LogP contribution >= 0.6 is 0 Å². The van der Waals surface area contributed by atoms with Gasteiger partial charge in [-0.3, -0.25) is 14.4 Å². The molecule has 2 heterocycles. The molecule has 8 nitrogen and oxygen atoms in total. The Bertz CT molecular complexity index is 753. The highest BCUT2D eigenvalue weighted by atomic mass is 19.4. The summed E-state index contributed by atoms with van der Waals surface area (Å²) in [6.07, 6.45) is -3.07. The van der Waals surface area contributed by atoms with Gasteiger partial charge in [0.15, 0.2) is 11.4 Å². The summed E-state index contributed by atoms with van der Waals surface area (Å²) in [6.45, 7) is 4.95. The van der Waals surface area contributed by atoms with Crippen LogP contribution in [-0.4, -0.2) is 55.2 Å². The predicted octanol–water partition coefficient (Wildman–Crippen LogP) is 1.30. The maximum absolute atomic E-state index is 12.7. The van der Waals surface area contributed by atoms with E-state index in [0.29, 0.717) is 18.8 Å². The van der Waals surface area contributed by atoms with Crippen molar-refractivity contribution >= 4 is 5.91 Å². The van der Waals surface area contributed by atoms with Crippen molar-refractivity contribution in [1.29, 1.82) is 0 Å². The number of hydrogen-bond acceptors (Lipinski definition) is 5. The number of aryl methyl sites for hydroxylation is 2. The summed E-state index contributed by atoms with van der Waals surface area (Å²) in [7, 11) is 3.23. The molecule has 0 aromatic carbocycles. The highest BCUT2D eigenvalue weighted by Crippen LogP contribution is 2.28. The number of likely N-dealkylation sites (N-methyl/N-ethyl adjacent to an activating group) is 1. The van der Waals surface area contributed by atoms with Gasteiger partial charge in [0.25, 0.3) is 5.91 Å². The number of carbonyl (C=O) groups is 1. The summed E-state index contributed by atoms with van der Waals surface area (Å²) in [4.78, 5) is 15.3. The van der Waals surface area contributed by atoms with Gasteiger partial charge in [-0.15, -0.1) is 5.10 Å². The number of rotatable bonds is 7. The Morgan fingerprint density at radius 2 is 2.08 bits per heavy atom. The standard InChI is InChI=1S/C15H22F3N7O/c1-5-25-19-7-12(21-25)14(26)20-10(2)8-23(3)9-11-6-13(15(16,17)18)22-24(11)4/h6-7,10H,5,8-9H2,1-4H3,(H,20,26). The Balaban J connectivity index is 1.90. The van der Waals surface area contributed by atoms with Gasteiger partial charge >= 0.3 is 6.18 Å². The lowest BCUT2D eigenvalue weighted by Crippen LogP contribution is -2.40. The van der Waals surface area contributed by atoms with E-state index < -0.39 is 11.9 Å². The first-order valence-corrected chi connectivity index (χ1v) is 8.09. The third-order valence-corrected chi connectivity index (χ3v) is 3.71. The fourth-order valence-electron chi connectivity index (χ4n) is 2.50. The largest absolute Gasteiger partial charge is 0.435 e. The number of halogens is 3. The minimum atomic E-state index is -4.47. The summed E-state index contributed by atoms with van der Waals surface area (Å²) in [6, 6.07) is 0.803. The maximum Gasteiger partial charge on any atom is 0.435 e. The normalized spacial score (nSPS) is 13.2. The van der Waals surface area contributed by atoms with Crippen LogP contribution in [0.25, 0.3) is 0 Å². The number of carbonyl (C=O) groups excluding carboxylic acids is 1. The van der Waals surface area contributed by atoms with Crippen LogP contribution in [0.15, 0.2) is 12.3 Å². The van der Waals surface area contributed by atoms with Crippen molar-refractivity contribution in [2.75, 3.05) is 13.6 Å². The summed E-state index contributed by atoms with van der Waals surface area (Å²) in [5.41, 5.74) is -0.254. The van der Waals surface area contributed by atoms with Gasteiger partial charge < -0.3 is 5.32 Å². The van der Waals surface area contributed by atoms with Crippen molar-refractivity contribution in [2.24, 2.45) is 7.05 Å². The molecule has 1 N–H and O–H groups in total. The van der Waals surface area contributed by atoms with E-state index in [4.69, 9.17) is 0 Å². The Morgan fingerprint density at radius 3 is 2.62 bits per heavy atom. The molecule has 1 amide bonds. The van der Waals surface area contributed by atoms with Gasteiger partial charge in [-0.1, -0.05) is 0 Å². The van der Waals surface area contributed by atoms with E-state index in [1.165, 1.54) is 22.7 Å². The van der Waals surface area contributed by atoms with Gasteiger partial charge in [-0.2, -0.15) is 28.2 Å². The van der Waals surface area contributed by atoms with E-state index in [1.807, 2.05) is 18.7 Å². The first-order chi connectivity index (χ1) is 12.1. The van der Waals surface area contributed by atoms with E-state index in [-0.39, 0.29) is 24.2 Å². The highest BCUT2D eigenvalue weighted by molar-refractivity contribution is 5.92. The van der Waals surface area contributed by atoms with Crippen LogP contribution in [0.4, 0.5) is 13.2 Å². The van der Waals surface area contributed by atoms with Gasteiger partial charge in [-0.05, 0) is 27.0 Å². The molecular weight excluding hydrogens is 351 g/mol. The van der Waals surface area contributed by atoms with E-state index in [9.17, 15) is 18.0 Å². The molecule has 0 saturated heterocycles. The number of nitrogens with one attached hydrogen (secondary N) is 1. The van der Waals surface area contributed by atoms with Crippen molar-refractivity contribution in [2.45, 2.75) is 39.2 Å². The minimum Gasteiger partial charge on any atom is -0.347 e. The van der Waals surface area contributed by atoms with Crippen molar-refractivity contribution in [3.8, 4) is 0 Å². The average Bonchev–Trinajstić information content (AvgIpc) is 3.14. The highest BCUT2D eigenvalue weighted by Gasteiger charge is 2.34. The topological polar surface area (TPSA) is 80.9 Å². The van der Waals surface area contributed by atoms with Crippen molar-refractivity contribution in [3.05, 3.63) is 29.3 Å². The minimum absolute atomic E-state index is 0.225. The van der Waals surface area contributed by atoms with Gasteiger partial charge in [0, 0.05) is 26.2 Å². The molecule has 0 fully saturated rings. The third-order valence-electron chi connectivity index (χ3n) is 3.71. The van der Waals surface area contributed by atoms with Gasteiger partial charge in [0.05, 0.1) is 18.4 Å². The van der Waals surface area contributed by atoms with Gasteiger partial charge in [-0.25, -0.2) is 0 Å². The SMILES string of the molecule is CCn1ncc(C(=O)NC(C)CN(C)Cc2cc(C(F)(F)F)nn2C)n1.